The van der Waals surface area contributed by atoms with Gasteiger partial charge < -0.3 is 0 Å². The minimum atomic E-state index is 0.468. The van der Waals surface area contributed by atoms with E-state index >= 15 is 0 Å². The summed E-state index contributed by atoms with van der Waals surface area (Å²) >= 11 is 5.92. The summed E-state index contributed by atoms with van der Waals surface area (Å²) in [5.74, 6) is 0. The van der Waals surface area contributed by atoms with Crippen molar-refractivity contribution in [1.29, 1.82) is 0 Å². The molecule has 64 valence electrons. The number of hydrogen-bond acceptors (Lipinski definition) is 4. The van der Waals surface area contributed by atoms with E-state index < -0.39 is 0 Å². The summed E-state index contributed by atoms with van der Waals surface area (Å²) in [5.41, 5.74) is 2.56. The summed E-state index contributed by atoms with van der Waals surface area (Å²) in [4.78, 5) is 10.1. The van der Waals surface area contributed by atoms with E-state index in [1.165, 1.54) is 0 Å². The average molecular weight is 200 g/mol. The fourth-order valence-electron chi connectivity index (χ4n) is 0.905. The maximum atomic E-state index is 10.1. The van der Waals surface area contributed by atoms with Gasteiger partial charge in [0.2, 0.25) is 0 Å². The minimum Gasteiger partial charge on any atom is -0.290 e. The van der Waals surface area contributed by atoms with Crippen LogP contribution in [-0.2, 0) is 4.79 Å². The first kappa shape index (κ1) is 9.41. The van der Waals surface area contributed by atoms with Crippen LogP contribution >= 0.6 is 24.0 Å². The van der Waals surface area contributed by atoms with Gasteiger partial charge in [-0.3, -0.25) is 4.79 Å². The van der Waals surface area contributed by atoms with Gasteiger partial charge in [0, 0.05) is 5.69 Å². The van der Waals surface area contributed by atoms with Crippen molar-refractivity contribution in [3.05, 3.63) is 17.5 Å². The third-order valence-electron chi connectivity index (χ3n) is 1.33. The zero-order valence-electron chi connectivity index (χ0n) is 6.77. The maximum Gasteiger partial charge on any atom is 0.183 e. The highest BCUT2D eigenvalue weighted by Gasteiger charge is 2.05. The predicted molar refractivity (Wildman–Crippen MR) is 54.0 cm³/mol. The molecular weight excluding hydrogens is 192 g/mol. The Labute approximate surface area is 80.1 Å². The van der Waals surface area contributed by atoms with Crippen LogP contribution in [0.5, 0.6) is 0 Å². The highest BCUT2D eigenvalue weighted by Crippen LogP contribution is 2.07. The predicted octanol–water partition coefficient (Wildman–Crippen LogP) is 1.56. The quantitative estimate of drug-likeness (QED) is 0.509. The van der Waals surface area contributed by atoms with Crippen LogP contribution in [0, 0.1) is 13.8 Å². The Bertz CT molecular complexity index is 319. The second-order valence-corrected chi connectivity index (χ2v) is 3.78. The van der Waals surface area contributed by atoms with Gasteiger partial charge in [-0.1, -0.05) is 0 Å². The molecule has 0 saturated heterocycles. The van der Waals surface area contributed by atoms with E-state index in [4.69, 9.17) is 12.2 Å². The molecule has 0 atom stereocenters. The molecular formula is C7H8N2OS2. The molecule has 1 aromatic rings. The zero-order chi connectivity index (χ0) is 9.14. The molecule has 1 rings (SSSR count). The van der Waals surface area contributed by atoms with Crippen molar-refractivity contribution in [3.63, 3.8) is 0 Å². The first-order valence-corrected chi connectivity index (χ1v) is 4.62. The number of thioether (sulfide) groups is 1. The number of hydrogen-bond donors (Lipinski definition) is 0. The molecule has 0 saturated carbocycles. The van der Waals surface area contributed by atoms with Crippen molar-refractivity contribution in [2.24, 2.45) is 0 Å². The Balaban J connectivity index is 2.94. The molecule has 0 amide bonds. The number of nitrogens with zero attached hydrogens (tertiary/aromatic N) is 2. The number of carbonyl (C=O) groups excluding carboxylic acids is 1. The Morgan fingerprint density at radius 2 is 2.42 bits per heavy atom. The largest absolute Gasteiger partial charge is 0.290 e. The van der Waals surface area contributed by atoms with Gasteiger partial charge >= 0.3 is 0 Å². The van der Waals surface area contributed by atoms with E-state index in [1.807, 2.05) is 19.9 Å². The molecule has 0 aliphatic carbocycles. The van der Waals surface area contributed by atoms with Crippen molar-refractivity contribution >= 4 is 33.9 Å². The van der Waals surface area contributed by atoms with Crippen LogP contribution in [0.4, 0.5) is 0 Å². The molecule has 5 heteroatoms. The number of aromatic nitrogens is 2. The van der Waals surface area contributed by atoms with E-state index in [9.17, 15) is 4.79 Å². The molecule has 0 spiro atoms. The van der Waals surface area contributed by atoms with Crippen LogP contribution in [0.2, 0.25) is 0 Å². The molecule has 0 fully saturated rings. The Kier molecular flexibility index (Phi) is 2.99. The number of thiocarbonyl (C=S) groups is 1. The summed E-state index contributed by atoms with van der Waals surface area (Å²) in [5, 5.41) is 4.12. The van der Waals surface area contributed by atoms with Crippen molar-refractivity contribution in [1.82, 2.24) is 9.78 Å². The Morgan fingerprint density at radius 1 is 1.75 bits per heavy atom. The van der Waals surface area contributed by atoms with Crippen LogP contribution in [-0.4, -0.2) is 19.7 Å². The van der Waals surface area contributed by atoms with E-state index in [1.54, 1.807) is 4.68 Å². The zero-order valence-corrected chi connectivity index (χ0v) is 8.41. The summed E-state index contributed by atoms with van der Waals surface area (Å²) in [6, 6.07) is 1.91. The molecule has 0 bridgehead atoms. The molecule has 1 aromatic heterocycles. The van der Waals surface area contributed by atoms with Crippen LogP contribution < -0.4 is 0 Å². The molecule has 1 heterocycles. The van der Waals surface area contributed by atoms with Gasteiger partial charge in [-0.25, -0.2) is 4.68 Å². The normalized spacial score (nSPS) is 9.83. The standard InChI is InChI=1S/C7H8N2OS2/c1-5-3-6(2)9(8-5)7(11)12-4-10/h3-4H,1-2H3. The Hall–Kier alpha value is -0.680. The van der Waals surface area contributed by atoms with Crippen LogP contribution in [0.1, 0.15) is 11.4 Å². The third-order valence-corrected chi connectivity index (χ3v) is 2.26. The SMILES string of the molecule is Cc1cc(C)n(C(=S)SC=O)n1. The van der Waals surface area contributed by atoms with Crippen molar-refractivity contribution in [2.75, 3.05) is 0 Å². The highest BCUT2D eigenvalue weighted by molar-refractivity contribution is 8.31. The van der Waals surface area contributed by atoms with Gasteiger partial charge in [0.05, 0.1) is 5.69 Å². The van der Waals surface area contributed by atoms with Crippen LogP contribution in [0.15, 0.2) is 6.07 Å². The smallest absolute Gasteiger partial charge is 0.183 e. The summed E-state index contributed by atoms with van der Waals surface area (Å²) < 4.78 is 2.06. The van der Waals surface area contributed by atoms with Gasteiger partial charge in [0.15, 0.2) is 9.94 Å². The second-order valence-electron chi connectivity index (χ2n) is 2.32. The topological polar surface area (TPSA) is 34.9 Å². The van der Waals surface area contributed by atoms with Crippen molar-refractivity contribution in [2.45, 2.75) is 13.8 Å². The molecule has 0 unspecified atom stereocenters. The van der Waals surface area contributed by atoms with Crippen LogP contribution in [0.25, 0.3) is 0 Å². The molecule has 0 aromatic carbocycles. The fraction of sp³-hybridized carbons (Fsp3) is 0.286. The molecule has 0 N–H and O–H groups in total. The first-order valence-electron chi connectivity index (χ1n) is 3.33. The molecule has 0 aliphatic rings. The number of rotatable bonds is 1. The summed E-state index contributed by atoms with van der Waals surface area (Å²) in [7, 11) is 0. The number of aryl methyl sites for hydroxylation is 2. The van der Waals surface area contributed by atoms with Crippen molar-refractivity contribution < 1.29 is 4.79 Å². The van der Waals surface area contributed by atoms with Gasteiger partial charge in [-0.05, 0) is 43.9 Å². The van der Waals surface area contributed by atoms with Gasteiger partial charge in [-0.15, -0.1) is 0 Å². The highest BCUT2D eigenvalue weighted by atomic mass is 32.2. The number of carbonyl (C=O) groups is 1. The van der Waals surface area contributed by atoms with Gasteiger partial charge in [0.1, 0.15) is 0 Å². The van der Waals surface area contributed by atoms with E-state index in [0.29, 0.717) is 9.94 Å². The van der Waals surface area contributed by atoms with E-state index in [-0.39, 0.29) is 0 Å². The van der Waals surface area contributed by atoms with Crippen molar-refractivity contribution in [3.8, 4) is 0 Å². The monoisotopic (exact) mass is 200 g/mol. The van der Waals surface area contributed by atoms with Gasteiger partial charge in [0.25, 0.3) is 0 Å². The first-order chi connectivity index (χ1) is 5.65. The molecule has 12 heavy (non-hydrogen) atoms. The summed E-state index contributed by atoms with van der Waals surface area (Å²) in [6.07, 6.45) is 0. The lowest BCUT2D eigenvalue weighted by atomic mass is 10.4. The lowest BCUT2D eigenvalue weighted by Gasteiger charge is -1.99. The Morgan fingerprint density at radius 3 is 2.83 bits per heavy atom. The summed E-state index contributed by atoms with van der Waals surface area (Å²) in [6.45, 7) is 3.79. The molecule has 3 nitrogen and oxygen atoms in total. The fourth-order valence-corrected chi connectivity index (χ4v) is 1.57. The van der Waals surface area contributed by atoms with E-state index in [2.05, 4.69) is 5.10 Å². The maximum absolute atomic E-state index is 10.1. The lowest BCUT2D eigenvalue weighted by Crippen LogP contribution is -2.08. The van der Waals surface area contributed by atoms with E-state index in [0.717, 1.165) is 23.1 Å². The van der Waals surface area contributed by atoms with Gasteiger partial charge in [-0.2, -0.15) is 5.10 Å². The van der Waals surface area contributed by atoms with Crippen LogP contribution in [0.3, 0.4) is 0 Å². The molecule has 0 aliphatic heterocycles. The molecule has 0 radical (unpaired) electrons. The average Bonchev–Trinajstić information content (AvgIpc) is 2.30. The lowest BCUT2D eigenvalue weighted by molar-refractivity contribution is 0.570. The second kappa shape index (κ2) is 3.82. The third kappa shape index (κ3) is 1.92. The minimum absolute atomic E-state index is 0.468.